The van der Waals surface area contributed by atoms with Crippen molar-refractivity contribution in [3.8, 4) is 11.4 Å². The highest BCUT2D eigenvalue weighted by Gasteiger charge is 2.09. The SMILES string of the molecule is Cc1nc(N)cc(-c2nccnc2F)n1. The lowest BCUT2D eigenvalue weighted by atomic mass is 10.3. The lowest BCUT2D eigenvalue weighted by molar-refractivity contribution is 0.580. The van der Waals surface area contributed by atoms with E-state index >= 15 is 0 Å². The molecule has 0 atom stereocenters. The molecule has 0 fully saturated rings. The number of nitrogens with two attached hydrogens (primary N) is 1. The van der Waals surface area contributed by atoms with Gasteiger partial charge in [0.05, 0.1) is 5.69 Å². The van der Waals surface area contributed by atoms with E-state index in [-0.39, 0.29) is 11.5 Å². The quantitative estimate of drug-likeness (QED) is 0.750. The molecule has 0 radical (unpaired) electrons. The van der Waals surface area contributed by atoms with E-state index in [1.807, 2.05) is 0 Å². The molecule has 0 saturated carbocycles. The Kier molecular flexibility index (Phi) is 2.24. The van der Waals surface area contributed by atoms with Crippen molar-refractivity contribution in [2.75, 3.05) is 5.73 Å². The molecule has 2 aromatic heterocycles. The summed E-state index contributed by atoms with van der Waals surface area (Å²) in [6.07, 6.45) is 2.67. The zero-order valence-corrected chi connectivity index (χ0v) is 7.98. The van der Waals surface area contributed by atoms with Crippen molar-refractivity contribution in [3.63, 3.8) is 0 Å². The molecular formula is C9H8FN5. The van der Waals surface area contributed by atoms with Gasteiger partial charge < -0.3 is 5.73 Å². The van der Waals surface area contributed by atoms with Crippen molar-refractivity contribution < 1.29 is 4.39 Å². The Morgan fingerprint density at radius 3 is 2.60 bits per heavy atom. The Morgan fingerprint density at radius 2 is 1.93 bits per heavy atom. The third-order valence-corrected chi connectivity index (χ3v) is 1.75. The molecule has 0 spiro atoms. The number of halogens is 1. The minimum atomic E-state index is -0.671. The van der Waals surface area contributed by atoms with Gasteiger partial charge in [0.2, 0.25) is 5.95 Å². The maximum Gasteiger partial charge on any atom is 0.241 e. The Balaban J connectivity index is 2.59. The summed E-state index contributed by atoms with van der Waals surface area (Å²) in [5, 5.41) is 0. The van der Waals surface area contributed by atoms with Crippen molar-refractivity contribution in [2.45, 2.75) is 6.92 Å². The molecule has 2 aromatic rings. The number of aryl methyl sites for hydroxylation is 1. The third kappa shape index (κ3) is 1.88. The number of aromatic nitrogens is 4. The summed E-state index contributed by atoms with van der Waals surface area (Å²) in [4.78, 5) is 15.2. The van der Waals surface area contributed by atoms with Crippen LogP contribution in [0.2, 0.25) is 0 Å². The molecule has 2 heterocycles. The van der Waals surface area contributed by atoms with Gasteiger partial charge in [-0.2, -0.15) is 4.39 Å². The van der Waals surface area contributed by atoms with Gasteiger partial charge in [-0.15, -0.1) is 0 Å². The summed E-state index contributed by atoms with van der Waals surface area (Å²) in [7, 11) is 0. The maximum atomic E-state index is 13.3. The van der Waals surface area contributed by atoms with E-state index in [1.165, 1.54) is 18.5 Å². The number of nitrogens with zero attached hydrogens (tertiary/aromatic N) is 4. The van der Waals surface area contributed by atoms with E-state index in [0.717, 1.165) is 0 Å². The molecule has 2 rings (SSSR count). The molecule has 6 heteroatoms. The molecule has 5 nitrogen and oxygen atoms in total. The molecule has 0 amide bonds. The van der Waals surface area contributed by atoms with E-state index in [4.69, 9.17) is 5.73 Å². The molecular weight excluding hydrogens is 197 g/mol. The minimum absolute atomic E-state index is 0.0784. The van der Waals surface area contributed by atoms with E-state index in [9.17, 15) is 4.39 Å². The summed E-state index contributed by atoms with van der Waals surface area (Å²) < 4.78 is 13.3. The van der Waals surface area contributed by atoms with Gasteiger partial charge in [-0.3, -0.25) is 0 Å². The van der Waals surface area contributed by atoms with Crippen molar-refractivity contribution in [3.05, 3.63) is 30.2 Å². The highest BCUT2D eigenvalue weighted by Crippen LogP contribution is 2.17. The number of rotatable bonds is 1. The summed E-state index contributed by atoms with van der Waals surface area (Å²) in [6.45, 7) is 1.67. The van der Waals surface area contributed by atoms with E-state index < -0.39 is 5.95 Å². The normalized spacial score (nSPS) is 10.3. The Bertz CT molecular complexity index is 479. The van der Waals surface area contributed by atoms with Gasteiger partial charge in [0.1, 0.15) is 17.3 Å². The van der Waals surface area contributed by atoms with Crippen LogP contribution in [0, 0.1) is 12.9 Å². The molecule has 76 valence electrons. The zero-order chi connectivity index (χ0) is 10.8. The molecule has 0 aliphatic carbocycles. The third-order valence-electron chi connectivity index (χ3n) is 1.75. The highest BCUT2D eigenvalue weighted by molar-refractivity contribution is 5.56. The molecule has 0 unspecified atom stereocenters. The van der Waals surface area contributed by atoms with E-state index in [0.29, 0.717) is 11.5 Å². The predicted octanol–water partition coefficient (Wildman–Crippen LogP) is 0.963. The lowest BCUT2D eigenvalue weighted by Gasteiger charge is -2.02. The van der Waals surface area contributed by atoms with Crippen LogP contribution < -0.4 is 5.73 Å². The molecule has 15 heavy (non-hydrogen) atoms. The van der Waals surface area contributed by atoms with Crippen LogP contribution in [-0.4, -0.2) is 19.9 Å². The van der Waals surface area contributed by atoms with Crippen LogP contribution in [0.3, 0.4) is 0 Å². The van der Waals surface area contributed by atoms with Gasteiger partial charge in [-0.05, 0) is 6.92 Å². The molecule has 0 aliphatic heterocycles. The second kappa shape index (κ2) is 3.56. The fraction of sp³-hybridized carbons (Fsp3) is 0.111. The largest absolute Gasteiger partial charge is 0.384 e. The first-order valence-electron chi connectivity index (χ1n) is 4.25. The van der Waals surface area contributed by atoms with Crippen LogP contribution in [0.1, 0.15) is 5.82 Å². The van der Waals surface area contributed by atoms with Crippen molar-refractivity contribution in [1.82, 2.24) is 19.9 Å². The van der Waals surface area contributed by atoms with Gasteiger partial charge in [0.25, 0.3) is 0 Å². The number of nitrogen functional groups attached to an aromatic ring is 1. The number of anilines is 1. The van der Waals surface area contributed by atoms with Gasteiger partial charge in [-0.1, -0.05) is 0 Å². The lowest BCUT2D eigenvalue weighted by Crippen LogP contribution is -2.00. The smallest absolute Gasteiger partial charge is 0.241 e. The van der Waals surface area contributed by atoms with E-state index in [2.05, 4.69) is 19.9 Å². The molecule has 0 bridgehead atoms. The second-order valence-electron chi connectivity index (χ2n) is 2.92. The molecule has 0 saturated heterocycles. The first-order valence-corrected chi connectivity index (χ1v) is 4.25. The Hall–Kier alpha value is -2.11. The van der Waals surface area contributed by atoms with Crippen LogP contribution >= 0.6 is 0 Å². The van der Waals surface area contributed by atoms with E-state index in [1.54, 1.807) is 6.92 Å². The van der Waals surface area contributed by atoms with Crippen LogP contribution in [0.25, 0.3) is 11.4 Å². The summed E-state index contributed by atoms with van der Waals surface area (Å²) in [6, 6.07) is 1.46. The fourth-order valence-corrected chi connectivity index (χ4v) is 1.20. The second-order valence-corrected chi connectivity index (χ2v) is 2.92. The number of hydrogen-bond acceptors (Lipinski definition) is 5. The topological polar surface area (TPSA) is 77.6 Å². The van der Waals surface area contributed by atoms with Crippen LogP contribution in [0.4, 0.5) is 10.2 Å². The average Bonchev–Trinajstić information content (AvgIpc) is 2.16. The first-order chi connectivity index (χ1) is 7.16. The minimum Gasteiger partial charge on any atom is -0.384 e. The number of hydrogen-bond donors (Lipinski definition) is 1. The van der Waals surface area contributed by atoms with Crippen LogP contribution in [0.15, 0.2) is 18.5 Å². The van der Waals surface area contributed by atoms with Gasteiger partial charge in [0, 0.05) is 18.5 Å². The Labute approximate surface area is 85.2 Å². The van der Waals surface area contributed by atoms with Gasteiger partial charge >= 0.3 is 0 Å². The van der Waals surface area contributed by atoms with Crippen LogP contribution in [-0.2, 0) is 0 Å². The average molecular weight is 205 g/mol. The summed E-state index contributed by atoms with van der Waals surface area (Å²) in [5.41, 5.74) is 5.94. The van der Waals surface area contributed by atoms with Crippen LogP contribution in [0.5, 0.6) is 0 Å². The monoisotopic (exact) mass is 205 g/mol. The van der Waals surface area contributed by atoms with Crippen molar-refractivity contribution in [1.29, 1.82) is 0 Å². The first kappa shape index (κ1) is 9.45. The molecule has 0 aromatic carbocycles. The Morgan fingerprint density at radius 1 is 1.20 bits per heavy atom. The van der Waals surface area contributed by atoms with Gasteiger partial charge in [-0.25, -0.2) is 19.9 Å². The zero-order valence-electron chi connectivity index (χ0n) is 7.98. The molecule has 0 aliphatic rings. The fourth-order valence-electron chi connectivity index (χ4n) is 1.20. The van der Waals surface area contributed by atoms with Gasteiger partial charge in [0.15, 0.2) is 0 Å². The summed E-state index contributed by atoms with van der Waals surface area (Å²) in [5.74, 6) is 0.0765. The summed E-state index contributed by atoms with van der Waals surface area (Å²) >= 11 is 0. The molecule has 2 N–H and O–H groups in total. The van der Waals surface area contributed by atoms with Crippen molar-refractivity contribution >= 4 is 5.82 Å². The standard InChI is InChI=1S/C9H8FN5/c1-5-14-6(4-7(11)15-5)8-9(10)13-3-2-12-8/h2-4H,1H3,(H2,11,14,15). The maximum absolute atomic E-state index is 13.3. The van der Waals surface area contributed by atoms with Crippen molar-refractivity contribution in [2.24, 2.45) is 0 Å². The highest BCUT2D eigenvalue weighted by atomic mass is 19.1. The predicted molar refractivity (Wildman–Crippen MR) is 52.2 cm³/mol.